The molecule has 0 amide bonds. The maximum Gasteiger partial charge on any atom is 0.416 e. The fraction of sp³-hybridized carbons (Fsp3) is 0.250. The summed E-state index contributed by atoms with van der Waals surface area (Å²) in [6.07, 6.45) is -4.51. The zero-order valence-electron chi connectivity index (χ0n) is 12.6. The molecule has 3 nitrogen and oxygen atoms in total. The molecule has 0 aliphatic rings. The highest BCUT2D eigenvalue weighted by Crippen LogP contribution is 2.30. The van der Waals surface area contributed by atoms with E-state index in [-0.39, 0.29) is 4.90 Å². The summed E-state index contributed by atoms with van der Waals surface area (Å²) in [5, 5.41) is 0.296. The number of nitrogens with one attached hydrogen (secondary N) is 1. The van der Waals surface area contributed by atoms with Crippen LogP contribution in [0.25, 0.3) is 0 Å². The molecular weight excluding hydrogens is 407 g/mol. The summed E-state index contributed by atoms with van der Waals surface area (Å²) in [5.41, 5.74) is -1.10. The van der Waals surface area contributed by atoms with E-state index in [0.29, 0.717) is 5.33 Å². The predicted octanol–water partition coefficient (Wildman–Crippen LogP) is 4.29. The maximum absolute atomic E-state index is 12.6. The SMILES string of the molecule is CC(CBr)(NS(=O)(=O)c1ccc(C(F)(F)F)cc1)c1ccccc1. The minimum atomic E-state index is -4.51. The topological polar surface area (TPSA) is 46.2 Å². The Labute approximate surface area is 147 Å². The second-order valence-corrected chi connectivity index (χ2v) is 7.70. The van der Waals surface area contributed by atoms with Crippen LogP contribution in [0.5, 0.6) is 0 Å². The lowest BCUT2D eigenvalue weighted by Crippen LogP contribution is -2.44. The predicted molar refractivity (Wildman–Crippen MR) is 89.4 cm³/mol. The number of alkyl halides is 4. The Kier molecular flexibility index (Phi) is 5.41. The van der Waals surface area contributed by atoms with Crippen molar-refractivity contribution < 1.29 is 21.6 Å². The second kappa shape index (κ2) is 6.85. The first kappa shape index (κ1) is 19.0. The van der Waals surface area contributed by atoms with E-state index < -0.39 is 27.3 Å². The van der Waals surface area contributed by atoms with Gasteiger partial charge in [0.2, 0.25) is 10.0 Å². The van der Waals surface area contributed by atoms with Gasteiger partial charge in [0.15, 0.2) is 0 Å². The van der Waals surface area contributed by atoms with Crippen LogP contribution in [0.15, 0.2) is 59.5 Å². The molecule has 0 aromatic heterocycles. The summed E-state index contributed by atoms with van der Waals surface area (Å²) in [6, 6.07) is 12.3. The Bertz CT molecular complexity index is 792. The average molecular weight is 422 g/mol. The van der Waals surface area contributed by atoms with E-state index in [4.69, 9.17) is 0 Å². The molecule has 2 aromatic carbocycles. The molecule has 0 radical (unpaired) electrons. The van der Waals surface area contributed by atoms with Gasteiger partial charge in [-0.2, -0.15) is 13.2 Å². The van der Waals surface area contributed by atoms with Crippen molar-refractivity contribution >= 4 is 26.0 Å². The molecule has 1 atom stereocenters. The molecule has 0 saturated carbocycles. The van der Waals surface area contributed by atoms with Crippen molar-refractivity contribution in [2.75, 3.05) is 5.33 Å². The van der Waals surface area contributed by atoms with E-state index in [9.17, 15) is 21.6 Å². The fourth-order valence-corrected chi connectivity index (χ4v) is 4.19. The molecule has 1 unspecified atom stereocenters. The van der Waals surface area contributed by atoms with Crippen molar-refractivity contribution in [1.29, 1.82) is 0 Å². The van der Waals surface area contributed by atoms with Crippen LogP contribution >= 0.6 is 15.9 Å². The van der Waals surface area contributed by atoms with Crippen molar-refractivity contribution in [2.24, 2.45) is 0 Å². The highest BCUT2D eigenvalue weighted by Gasteiger charge is 2.33. The number of benzene rings is 2. The van der Waals surface area contributed by atoms with Crippen molar-refractivity contribution in [1.82, 2.24) is 4.72 Å². The lowest BCUT2D eigenvalue weighted by atomic mass is 9.96. The largest absolute Gasteiger partial charge is 0.416 e. The molecule has 0 bridgehead atoms. The Hall–Kier alpha value is -1.38. The average Bonchev–Trinajstić information content (AvgIpc) is 2.54. The van der Waals surface area contributed by atoms with Crippen LogP contribution < -0.4 is 4.72 Å². The lowest BCUT2D eigenvalue weighted by molar-refractivity contribution is -0.137. The minimum Gasteiger partial charge on any atom is -0.207 e. The standard InChI is InChI=1S/C16H15BrF3NO2S/c1-15(11-17,12-5-3-2-4-6-12)21-24(22,23)14-9-7-13(8-10-14)16(18,19)20/h2-10,21H,11H2,1H3. The quantitative estimate of drug-likeness (QED) is 0.731. The summed E-state index contributed by atoms with van der Waals surface area (Å²) in [5.74, 6) is 0. The van der Waals surface area contributed by atoms with Crippen LogP contribution in [-0.2, 0) is 21.7 Å². The van der Waals surface area contributed by atoms with Gasteiger partial charge in [-0.1, -0.05) is 46.3 Å². The van der Waals surface area contributed by atoms with Crippen LogP contribution in [0, 0.1) is 0 Å². The number of rotatable bonds is 5. The van der Waals surface area contributed by atoms with E-state index in [1.165, 1.54) is 0 Å². The number of halogens is 4. The van der Waals surface area contributed by atoms with Crippen molar-refractivity contribution in [3.63, 3.8) is 0 Å². The Morgan fingerprint density at radius 1 is 0.958 bits per heavy atom. The highest BCUT2D eigenvalue weighted by atomic mass is 79.9. The first-order valence-electron chi connectivity index (χ1n) is 6.91. The van der Waals surface area contributed by atoms with Gasteiger partial charge in [-0.15, -0.1) is 0 Å². The molecule has 2 rings (SSSR count). The van der Waals surface area contributed by atoms with E-state index in [0.717, 1.165) is 29.8 Å². The molecule has 0 saturated heterocycles. The van der Waals surface area contributed by atoms with Gasteiger partial charge in [-0.3, -0.25) is 0 Å². The van der Waals surface area contributed by atoms with Gasteiger partial charge in [-0.25, -0.2) is 13.1 Å². The lowest BCUT2D eigenvalue weighted by Gasteiger charge is -2.29. The third kappa shape index (κ3) is 4.17. The van der Waals surface area contributed by atoms with Crippen molar-refractivity contribution in [3.8, 4) is 0 Å². The molecule has 0 fully saturated rings. The number of hydrogen-bond acceptors (Lipinski definition) is 2. The van der Waals surface area contributed by atoms with Gasteiger partial charge in [0.1, 0.15) is 0 Å². The monoisotopic (exact) mass is 421 g/mol. The first-order valence-corrected chi connectivity index (χ1v) is 9.52. The van der Waals surface area contributed by atoms with Gasteiger partial charge in [0, 0.05) is 5.33 Å². The second-order valence-electron chi connectivity index (χ2n) is 5.46. The highest BCUT2D eigenvalue weighted by molar-refractivity contribution is 9.09. The van der Waals surface area contributed by atoms with Gasteiger partial charge in [-0.05, 0) is 36.8 Å². The van der Waals surface area contributed by atoms with Crippen LogP contribution in [0.1, 0.15) is 18.1 Å². The summed E-state index contributed by atoms with van der Waals surface area (Å²) < 4.78 is 65.4. The van der Waals surface area contributed by atoms with Gasteiger partial charge in [0.25, 0.3) is 0 Å². The zero-order chi connectivity index (χ0) is 18.0. The molecule has 8 heteroatoms. The molecule has 24 heavy (non-hydrogen) atoms. The smallest absolute Gasteiger partial charge is 0.207 e. The van der Waals surface area contributed by atoms with Crippen LogP contribution in [-0.4, -0.2) is 13.7 Å². The molecular formula is C16H15BrF3NO2S. The summed E-state index contributed by atoms with van der Waals surface area (Å²) in [7, 11) is -3.99. The van der Waals surface area contributed by atoms with Gasteiger partial charge in [0.05, 0.1) is 16.0 Å². The van der Waals surface area contributed by atoms with E-state index in [1.807, 2.05) is 6.07 Å². The fourth-order valence-electron chi connectivity index (χ4n) is 2.15. The van der Waals surface area contributed by atoms with E-state index in [1.54, 1.807) is 31.2 Å². The molecule has 1 N–H and O–H groups in total. The van der Waals surface area contributed by atoms with Gasteiger partial charge < -0.3 is 0 Å². The third-order valence-corrected chi connectivity index (χ3v) is 6.26. The van der Waals surface area contributed by atoms with Crippen molar-refractivity contribution in [2.45, 2.75) is 23.5 Å². The molecule has 2 aromatic rings. The Morgan fingerprint density at radius 3 is 1.96 bits per heavy atom. The molecule has 0 aliphatic carbocycles. The molecule has 0 spiro atoms. The summed E-state index contributed by atoms with van der Waals surface area (Å²) in [4.78, 5) is -0.224. The van der Waals surface area contributed by atoms with E-state index in [2.05, 4.69) is 20.7 Å². The minimum absolute atomic E-state index is 0.224. The summed E-state index contributed by atoms with van der Waals surface area (Å²) in [6.45, 7) is 1.69. The maximum atomic E-state index is 12.6. The molecule has 0 heterocycles. The summed E-state index contributed by atoms with van der Waals surface area (Å²) >= 11 is 3.30. The van der Waals surface area contributed by atoms with Crippen LogP contribution in [0.2, 0.25) is 0 Å². The Morgan fingerprint density at radius 2 is 1.50 bits per heavy atom. The van der Waals surface area contributed by atoms with Crippen LogP contribution in [0.4, 0.5) is 13.2 Å². The normalized spacial score (nSPS) is 15.0. The zero-order valence-corrected chi connectivity index (χ0v) is 15.0. The number of sulfonamides is 1. The molecule has 130 valence electrons. The van der Waals surface area contributed by atoms with Crippen LogP contribution in [0.3, 0.4) is 0 Å². The van der Waals surface area contributed by atoms with Gasteiger partial charge >= 0.3 is 6.18 Å². The third-order valence-electron chi connectivity index (χ3n) is 3.53. The van der Waals surface area contributed by atoms with Crippen molar-refractivity contribution in [3.05, 3.63) is 65.7 Å². The number of hydrogen-bond donors (Lipinski definition) is 1. The Balaban J connectivity index is 2.33. The van der Waals surface area contributed by atoms with E-state index >= 15 is 0 Å². The first-order chi connectivity index (χ1) is 11.1. The molecule has 0 aliphatic heterocycles.